The molecule has 1 aliphatic rings. The van der Waals surface area contributed by atoms with Gasteiger partial charge in [0.25, 0.3) is 11.8 Å². The van der Waals surface area contributed by atoms with Crippen LogP contribution in [0.3, 0.4) is 0 Å². The minimum Gasteiger partial charge on any atom is -0.329 e. The zero-order valence-corrected chi connectivity index (χ0v) is 9.60. The van der Waals surface area contributed by atoms with Gasteiger partial charge in [-0.15, -0.1) is 0 Å². The molecule has 3 amide bonds. The molecule has 0 saturated carbocycles. The third kappa shape index (κ3) is 3.53. The second-order valence-electron chi connectivity index (χ2n) is 3.83. The molecule has 1 unspecified atom stereocenters. The molecule has 0 aliphatic carbocycles. The predicted molar refractivity (Wildman–Crippen MR) is 61.4 cm³/mol. The molecule has 17 heavy (non-hydrogen) atoms. The van der Waals surface area contributed by atoms with Gasteiger partial charge in [0, 0.05) is 24.4 Å². The van der Waals surface area contributed by atoms with E-state index in [1.807, 2.05) is 0 Å². The molecule has 92 valence electrons. The van der Waals surface area contributed by atoms with Crippen LogP contribution in [0.4, 0.5) is 0 Å². The van der Waals surface area contributed by atoms with Crippen LogP contribution in [0.2, 0.25) is 0 Å². The number of hydrogen-bond acceptors (Lipinski definition) is 4. The van der Waals surface area contributed by atoms with E-state index in [0.717, 1.165) is 4.90 Å². The van der Waals surface area contributed by atoms with Gasteiger partial charge in [0.05, 0.1) is 6.04 Å². The minimum atomic E-state index is -0.770. The first-order chi connectivity index (χ1) is 7.91. The number of carbonyl (C=O) groups excluding carboxylic acids is 3. The molecule has 0 saturated heterocycles. The molecular formula is C11H15N3O3. The van der Waals surface area contributed by atoms with Gasteiger partial charge in [0.15, 0.2) is 0 Å². The fraction of sp³-hybridized carbons (Fsp3) is 0.364. The average molecular weight is 237 g/mol. The van der Waals surface area contributed by atoms with Gasteiger partial charge >= 0.3 is 0 Å². The lowest BCUT2D eigenvalue weighted by Crippen LogP contribution is -2.43. The van der Waals surface area contributed by atoms with Crippen LogP contribution in [0.5, 0.6) is 0 Å². The molecule has 0 aromatic rings. The normalized spacial score (nSPS) is 16.2. The fourth-order valence-electron chi connectivity index (χ4n) is 1.35. The van der Waals surface area contributed by atoms with Crippen LogP contribution in [0, 0.1) is 0 Å². The Hall–Kier alpha value is -1.95. The Kier molecular flexibility index (Phi) is 4.17. The van der Waals surface area contributed by atoms with E-state index in [2.05, 4.69) is 11.9 Å². The molecule has 0 fully saturated rings. The van der Waals surface area contributed by atoms with Crippen molar-refractivity contribution in [2.24, 2.45) is 5.73 Å². The third-order valence-electron chi connectivity index (χ3n) is 2.24. The maximum atomic E-state index is 11.4. The Morgan fingerprint density at radius 2 is 2.00 bits per heavy atom. The molecule has 6 heteroatoms. The highest BCUT2D eigenvalue weighted by molar-refractivity contribution is 6.12. The van der Waals surface area contributed by atoms with Crippen molar-refractivity contribution in [2.45, 2.75) is 19.4 Å². The second kappa shape index (κ2) is 5.40. The summed E-state index contributed by atoms with van der Waals surface area (Å²) in [6, 6.07) is -0.770. The van der Waals surface area contributed by atoms with Crippen molar-refractivity contribution in [3.63, 3.8) is 0 Å². The quantitative estimate of drug-likeness (QED) is 0.617. The summed E-state index contributed by atoms with van der Waals surface area (Å²) < 4.78 is 0. The van der Waals surface area contributed by atoms with E-state index in [9.17, 15) is 14.4 Å². The molecule has 3 N–H and O–H groups in total. The minimum absolute atomic E-state index is 0.134. The first kappa shape index (κ1) is 13.1. The molecule has 0 bridgehead atoms. The first-order valence-electron chi connectivity index (χ1n) is 5.17. The summed E-state index contributed by atoms with van der Waals surface area (Å²) in [6.45, 7) is 5.30. The predicted octanol–water partition coefficient (Wildman–Crippen LogP) is -0.721. The standard InChI is InChI=1S/C11H15N3O3/c1-7(2)13-11(17)8(12)5-6-14-9(15)3-4-10(14)16/h3-4,8H,1,5-6,12H2,2H3,(H,13,17). The molecule has 1 aliphatic heterocycles. The van der Waals surface area contributed by atoms with E-state index >= 15 is 0 Å². The Morgan fingerprint density at radius 1 is 1.47 bits per heavy atom. The Balaban J connectivity index is 2.40. The number of carbonyl (C=O) groups is 3. The number of imide groups is 1. The van der Waals surface area contributed by atoms with E-state index < -0.39 is 6.04 Å². The topological polar surface area (TPSA) is 92.5 Å². The zero-order valence-electron chi connectivity index (χ0n) is 9.60. The zero-order chi connectivity index (χ0) is 13.0. The van der Waals surface area contributed by atoms with Gasteiger partial charge in [-0.1, -0.05) is 6.58 Å². The highest BCUT2D eigenvalue weighted by Crippen LogP contribution is 2.05. The molecule has 1 rings (SSSR count). The van der Waals surface area contributed by atoms with E-state index in [4.69, 9.17) is 5.73 Å². The fourth-order valence-corrected chi connectivity index (χ4v) is 1.35. The highest BCUT2D eigenvalue weighted by atomic mass is 16.2. The Labute approximate surface area is 99.1 Å². The molecule has 1 atom stereocenters. The lowest BCUT2D eigenvalue weighted by atomic mass is 10.2. The third-order valence-corrected chi connectivity index (χ3v) is 2.24. The van der Waals surface area contributed by atoms with Crippen LogP contribution in [-0.4, -0.2) is 35.2 Å². The number of nitrogens with two attached hydrogens (primary N) is 1. The molecule has 0 aromatic heterocycles. The van der Waals surface area contributed by atoms with Crippen molar-refractivity contribution in [1.29, 1.82) is 0 Å². The summed E-state index contributed by atoms with van der Waals surface area (Å²) in [5, 5.41) is 2.48. The summed E-state index contributed by atoms with van der Waals surface area (Å²) in [7, 11) is 0. The summed E-state index contributed by atoms with van der Waals surface area (Å²) in [6.07, 6.45) is 2.61. The maximum absolute atomic E-state index is 11.4. The van der Waals surface area contributed by atoms with Gasteiger partial charge in [-0.05, 0) is 13.3 Å². The van der Waals surface area contributed by atoms with Gasteiger partial charge in [0.2, 0.25) is 5.91 Å². The largest absolute Gasteiger partial charge is 0.329 e. The lowest BCUT2D eigenvalue weighted by Gasteiger charge is -2.17. The van der Waals surface area contributed by atoms with E-state index in [-0.39, 0.29) is 30.7 Å². The van der Waals surface area contributed by atoms with E-state index in [0.29, 0.717) is 5.70 Å². The van der Waals surface area contributed by atoms with Crippen molar-refractivity contribution in [3.8, 4) is 0 Å². The summed E-state index contributed by atoms with van der Waals surface area (Å²) >= 11 is 0. The van der Waals surface area contributed by atoms with Crippen LogP contribution in [0.25, 0.3) is 0 Å². The smallest absolute Gasteiger partial charge is 0.253 e. The number of amides is 3. The lowest BCUT2D eigenvalue weighted by molar-refractivity contribution is -0.137. The van der Waals surface area contributed by atoms with Gasteiger partial charge in [-0.2, -0.15) is 0 Å². The van der Waals surface area contributed by atoms with Crippen molar-refractivity contribution in [3.05, 3.63) is 24.4 Å². The van der Waals surface area contributed by atoms with Crippen LogP contribution in [-0.2, 0) is 14.4 Å². The Morgan fingerprint density at radius 3 is 2.47 bits per heavy atom. The number of rotatable bonds is 5. The molecule has 0 spiro atoms. The van der Waals surface area contributed by atoms with E-state index in [1.54, 1.807) is 6.92 Å². The average Bonchev–Trinajstić information content (AvgIpc) is 2.54. The Bertz CT molecular complexity index is 383. The highest BCUT2D eigenvalue weighted by Gasteiger charge is 2.24. The van der Waals surface area contributed by atoms with Crippen LogP contribution >= 0.6 is 0 Å². The van der Waals surface area contributed by atoms with Gasteiger partial charge in [-0.25, -0.2) is 0 Å². The summed E-state index contributed by atoms with van der Waals surface area (Å²) in [5.74, 6) is -1.12. The molecule has 1 heterocycles. The number of nitrogens with one attached hydrogen (secondary N) is 1. The number of hydrogen-bond donors (Lipinski definition) is 2. The monoisotopic (exact) mass is 237 g/mol. The van der Waals surface area contributed by atoms with Crippen LogP contribution in [0.15, 0.2) is 24.4 Å². The van der Waals surface area contributed by atoms with Gasteiger partial charge < -0.3 is 11.1 Å². The van der Waals surface area contributed by atoms with Crippen molar-refractivity contribution in [2.75, 3.05) is 6.54 Å². The van der Waals surface area contributed by atoms with Crippen LogP contribution < -0.4 is 11.1 Å². The van der Waals surface area contributed by atoms with Crippen LogP contribution in [0.1, 0.15) is 13.3 Å². The van der Waals surface area contributed by atoms with Crippen molar-refractivity contribution < 1.29 is 14.4 Å². The van der Waals surface area contributed by atoms with Gasteiger partial charge in [0.1, 0.15) is 0 Å². The SMILES string of the molecule is C=C(C)NC(=O)C(N)CCN1C(=O)C=CC1=O. The number of allylic oxidation sites excluding steroid dienone is 1. The molecule has 6 nitrogen and oxygen atoms in total. The first-order valence-corrected chi connectivity index (χ1v) is 5.17. The molecule has 0 radical (unpaired) electrons. The summed E-state index contributed by atoms with van der Waals surface area (Å²) in [5.41, 5.74) is 6.11. The van der Waals surface area contributed by atoms with Crippen molar-refractivity contribution >= 4 is 17.7 Å². The molecular weight excluding hydrogens is 222 g/mol. The van der Waals surface area contributed by atoms with Crippen molar-refractivity contribution in [1.82, 2.24) is 10.2 Å². The second-order valence-corrected chi connectivity index (χ2v) is 3.83. The van der Waals surface area contributed by atoms with E-state index in [1.165, 1.54) is 12.2 Å². The maximum Gasteiger partial charge on any atom is 0.253 e. The van der Waals surface area contributed by atoms with Gasteiger partial charge in [-0.3, -0.25) is 19.3 Å². The molecule has 0 aromatic carbocycles. The number of nitrogens with zero attached hydrogens (tertiary/aromatic N) is 1. The summed E-state index contributed by atoms with van der Waals surface area (Å²) in [4.78, 5) is 34.9.